The summed E-state index contributed by atoms with van der Waals surface area (Å²) < 4.78 is 11.1. The largest absolute Gasteiger partial charge is 0.482 e. The van der Waals surface area contributed by atoms with Crippen LogP contribution in [0.5, 0.6) is 5.75 Å². The highest BCUT2D eigenvalue weighted by atomic mass is 127. The molecule has 1 amide bonds. The van der Waals surface area contributed by atoms with Gasteiger partial charge in [-0.1, -0.05) is 12.1 Å². The molecule has 1 aromatic carbocycles. The first-order valence-corrected chi connectivity index (χ1v) is 8.86. The highest BCUT2D eigenvalue weighted by Crippen LogP contribution is 2.31. The molecule has 1 fully saturated rings. The molecule has 1 saturated heterocycles. The van der Waals surface area contributed by atoms with Gasteiger partial charge in [0, 0.05) is 33.3 Å². The number of aliphatic imine (C=N–C) groups is 1. The first-order chi connectivity index (χ1) is 12.3. The Kier molecular flexibility index (Phi) is 8.43. The second kappa shape index (κ2) is 10.6. The number of carbonyl (C=O) groups excluding carboxylic acids is 1. The Bertz CT molecular complexity index is 620. The predicted molar refractivity (Wildman–Crippen MR) is 113 cm³/mol. The van der Waals surface area contributed by atoms with Crippen LogP contribution in [0.1, 0.15) is 19.3 Å². The normalized spacial score (nSPS) is 19.4. The van der Waals surface area contributed by atoms with E-state index in [1.807, 2.05) is 24.3 Å². The maximum absolute atomic E-state index is 12.1. The van der Waals surface area contributed by atoms with E-state index in [1.54, 1.807) is 11.9 Å². The molecule has 1 aromatic rings. The molecule has 1 atom stereocenters. The molecule has 8 heteroatoms. The molecule has 144 valence electrons. The minimum atomic E-state index is -0.000380. The third-order valence-electron chi connectivity index (χ3n) is 4.40. The van der Waals surface area contributed by atoms with E-state index >= 15 is 0 Å². The van der Waals surface area contributed by atoms with Crippen molar-refractivity contribution in [1.82, 2.24) is 10.6 Å². The Morgan fingerprint density at radius 1 is 1.35 bits per heavy atom. The van der Waals surface area contributed by atoms with Crippen LogP contribution in [0.25, 0.3) is 0 Å². The topological polar surface area (TPSA) is 75.2 Å². The number of anilines is 1. The quantitative estimate of drug-likeness (QED) is 0.285. The fourth-order valence-electron chi connectivity index (χ4n) is 3.08. The van der Waals surface area contributed by atoms with E-state index < -0.39 is 0 Å². The van der Waals surface area contributed by atoms with Gasteiger partial charge in [0.2, 0.25) is 0 Å². The van der Waals surface area contributed by atoms with Gasteiger partial charge >= 0.3 is 0 Å². The molecule has 0 saturated carbocycles. The number of ether oxygens (including phenoxy) is 2. The fourth-order valence-corrected chi connectivity index (χ4v) is 3.08. The summed E-state index contributed by atoms with van der Waals surface area (Å²) in [6.45, 7) is 3.12. The summed E-state index contributed by atoms with van der Waals surface area (Å²) in [7, 11) is 1.76. The lowest BCUT2D eigenvalue weighted by Gasteiger charge is -2.29. The Hall–Kier alpha value is -1.55. The molecule has 7 nitrogen and oxygen atoms in total. The number of carbonyl (C=O) groups is 1. The highest BCUT2D eigenvalue weighted by Gasteiger charge is 2.24. The molecule has 0 aliphatic carbocycles. The number of hydrogen-bond donors (Lipinski definition) is 2. The van der Waals surface area contributed by atoms with E-state index in [1.165, 1.54) is 0 Å². The van der Waals surface area contributed by atoms with Gasteiger partial charge in [-0.25, -0.2) is 0 Å². The van der Waals surface area contributed by atoms with Crippen LogP contribution in [0, 0.1) is 0 Å². The molecule has 26 heavy (non-hydrogen) atoms. The Labute approximate surface area is 171 Å². The molecular formula is C18H27IN4O3. The van der Waals surface area contributed by atoms with Gasteiger partial charge in [-0.3, -0.25) is 9.79 Å². The summed E-state index contributed by atoms with van der Waals surface area (Å²) in [5, 5.41) is 6.57. The standard InChI is InChI=1S/C18H26N4O3.HI/c1-19-18(21-12-14-6-4-11-24-14)20-9-5-10-22-15-7-2-3-8-16(15)25-13-17(22)23;/h2-3,7-8,14H,4-6,9-13H2,1H3,(H2,19,20,21);1H. The number of benzene rings is 1. The molecule has 2 heterocycles. The van der Waals surface area contributed by atoms with Crippen molar-refractivity contribution in [3.05, 3.63) is 24.3 Å². The van der Waals surface area contributed by atoms with Crippen LogP contribution in [-0.2, 0) is 9.53 Å². The number of rotatable bonds is 6. The molecule has 0 aromatic heterocycles. The number of amides is 1. The smallest absolute Gasteiger partial charge is 0.265 e. The maximum atomic E-state index is 12.1. The van der Waals surface area contributed by atoms with E-state index in [-0.39, 0.29) is 42.6 Å². The molecule has 2 aliphatic heterocycles. The summed E-state index contributed by atoms with van der Waals surface area (Å²) in [6.07, 6.45) is 3.33. The molecule has 0 radical (unpaired) electrons. The third kappa shape index (κ3) is 5.47. The Balaban J connectivity index is 0.00000243. The summed E-state index contributed by atoms with van der Waals surface area (Å²) in [6, 6.07) is 7.65. The predicted octanol–water partition coefficient (Wildman–Crippen LogP) is 1.76. The number of nitrogens with zero attached hydrogens (tertiary/aromatic N) is 2. The van der Waals surface area contributed by atoms with Crippen LogP contribution in [0.3, 0.4) is 0 Å². The number of hydrogen-bond acceptors (Lipinski definition) is 4. The zero-order valence-corrected chi connectivity index (χ0v) is 17.4. The molecule has 0 spiro atoms. The van der Waals surface area contributed by atoms with Gasteiger partial charge in [-0.2, -0.15) is 0 Å². The summed E-state index contributed by atoms with van der Waals surface area (Å²) >= 11 is 0. The van der Waals surface area contributed by atoms with Crippen LogP contribution in [-0.4, -0.2) is 57.9 Å². The van der Waals surface area contributed by atoms with Crippen LogP contribution in [0.2, 0.25) is 0 Å². The Morgan fingerprint density at radius 3 is 2.96 bits per heavy atom. The first-order valence-electron chi connectivity index (χ1n) is 8.86. The van der Waals surface area contributed by atoms with Crippen molar-refractivity contribution >= 4 is 41.5 Å². The maximum Gasteiger partial charge on any atom is 0.265 e. The van der Waals surface area contributed by atoms with Gasteiger partial charge in [0.25, 0.3) is 5.91 Å². The van der Waals surface area contributed by atoms with Crippen molar-refractivity contribution in [3.8, 4) is 5.75 Å². The van der Waals surface area contributed by atoms with Gasteiger partial charge in [0.15, 0.2) is 12.6 Å². The zero-order chi connectivity index (χ0) is 17.5. The second-order valence-electron chi connectivity index (χ2n) is 6.17. The zero-order valence-electron chi connectivity index (χ0n) is 15.1. The number of nitrogens with one attached hydrogen (secondary N) is 2. The van der Waals surface area contributed by atoms with Crippen LogP contribution in [0.4, 0.5) is 5.69 Å². The number of fused-ring (bicyclic) bond motifs is 1. The lowest BCUT2D eigenvalue weighted by atomic mass is 10.2. The van der Waals surface area contributed by atoms with Gasteiger partial charge < -0.3 is 25.0 Å². The molecule has 2 N–H and O–H groups in total. The first kappa shape index (κ1) is 20.8. The summed E-state index contributed by atoms with van der Waals surface area (Å²) in [5.74, 6) is 1.54. The van der Waals surface area contributed by atoms with Gasteiger partial charge in [-0.15, -0.1) is 24.0 Å². The van der Waals surface area contributed by atoms with Crippen LogP contribution < -0.4 is 20.3 Å². The number of halogens is 1. The van der Waals surface area contributed by atoms with Crippen molar-refractivity contribution in [1.29, 1.82) is 0 Å². The average molecular weight is 474 g/mol. The van der Waals surface area contributed by atoms with E-state index in [4.69, 9.17) is 9.47 Å². The second-order valence-corrected chi connectivity index (χ2v) is 6.17. The van der Waals surface area contributed by atoms with Crippen molar-refractivity contribution in [2.24, 2.45) is 4.99 Å². The van der Waals surface area contributed by atoms with Crippen molar-refractivity contribution in [2.75, 3.05) is 44.8 Å². The lowest BCUT2D eigenvalue weighted by molar-refractivity contribution is -0.121. The van der Waals surface area contributed by atoms with E-state index in [9.17, 15) is 4.79 Å². The fraction of sp³-hybridized carbons (Fsp3) is 0.556. The van der Waals surface area contributed by atoms with Crippen LogP contribution in [0.15, 0.2) is 29.3 Å². The van der Waals surface area contributed by atoms with Gasteiger partial charge in [0.05, 0.1) is 11.8 Å². The van der Waals surface area contributed by atoms with Crippen molar-refractivity contribution in [3.63, 3.8) is 0 Å². The van der Waals surface area contributed by atoms with Crippen molar-refractivity contribution in [2.45, 2.75) is 25.4 Å². The Morgan fingerprint density at radius 2 is 2.19 bits per heavy atom. The van der Waals surface area contributed by atoms with E-state index in [2.05, 4.69) is 15.6 Å². The highest BCUT2D eigenvalue weighted by molar-refractivity contribution is 14.0. The lowest BCUT2D eigenvalue weighted by Crippen LogP contribution is -2.43. The van der Waals surface area contributed by atoms with E-state index in [0.717, 1.165) is 56.4 Å². The monoisotopic (exact) mass is 474 g/mol. The van der Waals surface area contributed by atoms with E-state index in [0.29, 0.717) is 6.54 Å². The molecule has 1 unspecified atom stereocenters. The SMILES string of the molecule is CN=C(NCCCN1C(=O)COc2ccccc21)NCC1CCCO1.I. The molecule has 2 aliphatic rings. The molecule has 0 bridgehead atoms. The van der Waals surface area contributed by atoms with Gasteiger partial charge in [-0.05, 0) is 31.4 Å². The van der Waals surface area contributed by atoms with Gasteiger partial charge in [0.1, 0.15) is 5.75 Å². The minimum Gasteiger partial charge on any atom is -0.482 e. The third-order valence-corrected chi connectivity index (χ3v) is 4.40. The summed E-state index contributed by atoms with van der Waals surface area (Å²) in [5.41, 5.74) is 0.847. The van der Waals surface area contributed by atoms with Crippen molar-refractivity contribution < 1.29 is 14.3 Å². The molecular weight excluding hydrogens is 447 g/mol. The number of para-hydroxylation sites is 2. The van der Waals surface area contributed by atoms with Crippen LogP contribution >= 0.6 is 24.0 Å². The number of guanidine groups is 1. The molecule has 3 rings (SSSR count). The summed E-state index contributed by atoms with van der Waals surface area (Å²) in [4.78, 5) is 18.1. The average Bonchev–Trinajstić information content (AvgIpc) is 3.16. The minimum absolute atomic E-state index is 0.